The van der Waals surface area contributed by atoms with Crippen LogP contribution in [0.25, 0.3) is 21.5 Å². The van der Waals surface area contributed by atoms with E-state index in [9.17, 15) is 9.59 Å². The van der Waals surface area contributed by atoms with E-state index in [1.54, 1.807) is 24.5 Å². The molecule has 0 aliphatic carbocycles. The number of halogens is 1. The maximum atomic E-state index is 12.7. The van der Waals surface area contributed by atoms with Crippen LogP contribution in [0.4, 0.5) is 5.69 Å². The molecule has 1 amide bonds. The first-order valence-electron chi connectivity index (χ1n) is 8.34. The van der Waals surface area contributed by atoms with Crippen molar-refractivity contribution < 1.29 is 4.79 Å². The molecule has 0 atom stereocenters. The van der Waals surface area contributed by atoms with Crippen LogP contribution in [0, 0.1) is 6.92 Å². The molecular formula is C19H14ClN5O2S. The second kappa shape index (κ2) is 7.49. The van der Waals surface area contributed by atoms with Crippen LogP contribution in [0.15, 0.2) is 53.8 Å². The largest absolute Gasteiger partial charge is 0.324 e. The molecule has 4 rings (SSSR count). The van der Waals surface area contributed by atoms with E-state index in [1.165, 1.54) is 10.9 Å². The summed E-state index contributed by atoms with van der Waals surface area (Å²) in [7, 11) is 0. The fourth-order valence-corrected chi connectivity index (χ4v) is 3.68. The van der Waals surface area contributed by atoms with E-state index in [-0.39, 0.29) is 18.0 Å². The standard InChI is InChI=1S/C19H14ClN5O2S/c1-11-2-3-13(8-14(11)20)23-15(26)9-25-10-22-17-16(12-4-6-21-7-5-12)24-28-18(17)19(25)27/h2-8,10H,9H2,1H3,(H,23,26). The highest BCUT2D eigenvalue weighted by atomic mass is 35.5. The Labute approximate surface area is 168 Å². The zero-order valence-electron chi connectivity index (χ0n) is 14.7. The minimum absolute atomic E-state index is 0.157. The number of benzene rings is 1. The number of rotatable bonds is 4. The molecule has 0 spiro atoms. The first-order chi connectivity index (χ1) is 13.5. The molecule has 3 heterocycles. The summed E-state index contributed by atoms with van der Waals surface area (Å²) in [5, 5.41) is 3.30. The van der Waals surface area contributed by atoms with Crippen molar-refractivity contribution in [2.45, 2.75) is 13.5 Å². The van der Waals surface area contributed by atoms with Gasteiger partial charge in [0.15, 0.2) is 0 Å². The Morgan fingerprint density at radius 1 is 1.25 bits per heavy atom. The third kappa shape index (κ3) is 3.51. The molecule has 0 saturated heterocycles. The molecule has 0 aliphatic heterocycles. The summed E-state index contributed by atoms with van der Waals surface area (Å²) in [5.41, 5.74) is 3.16. The van der Waals surface area contributed by atoms with Crippen LogP contribution in [0.3, 0.4) is 0 Å². The zero-order chi connectivity index (χ0) is 19.7. The van der Waals surface area contributed by atoms with Crippen LogP contribution in [0.5, 0.6) is 0 Å². The van der Waals surface area contributed by atoms with Gasteiger partial charge in [0.05, 0.1) is 6.33 Å². The van der Waals surface area contributed by atoms with E-state index >= 15 is 0 Å². The first kappa shape index (κ1) is 18.3. The number of amides is 1. The van der Waals surface area contributed by atoms with Gasteiger partial charge in [-0.25, -0.2) is 4.98 Å². The Kier molecular flexibility index (Phi) is 4.89. The second-order valence-electron chi connectivity index (χ2n) is 6.13. The molecule has 0 bridgehead atoms. The quantitative estimate of drug-likeness (QED) is 0.555. The van der Waals surface area contributed by atoms with E-state index in [1.807, 2.05) is 25.1 Å². The minimum atomic E-state index is -0.345. The van der Waals surface area contributed by atoms with Gasteiger partial charge in [-0.3, -0.25) is 19.1 Å². The number of anilines is 1. The summed E-state index contributed by atoms with van der Waals surface area (Å²) in [6.45, 7) is 1.72. The molecule has 1 N–H and O–H groups in total. The molecule has 0 radical (unpaired) electrons. The van der Waals surface area contributed by atoms with Crippen LogP contribution in [0.1, 0.15) is 5.56 Å². The monoisotopic (exact) mass is 411 g/mol. The number of nitrogens with zero attached hydrogens (tertiary/aromatic N) is 4. The van der Waals surface area contributed by atoms with Gasteiger partial charge >= 0.3 is 0 Å². The number of hydrogen-bond acceptors (Lipinski definition) is 6. The Bertz CT molecular complexity index is 1240. The van der Waals surface area contributed by atoms with Gasteiger partial charge in [-0.1, -0.05) is 17.7 Å². The molecule has 0 fully saturated rings. The topological polar surface area (TPSA) is 89.8 Å². The Balaban J connectivity index is 1.59. The summed E-state index contributed by atoms with van der Waals surface area (Å²) < 4.78 is 6.02. The highest BCUT2D eigenvalue weighted by Gasteiger charge is 2.15. The summed E-state index contributed by atoms with van der Waals surface area (Å²) in [4.78, 5) is 33.4. The third-order valence-electron chi connectivity index (χ3n) is 4.17. The number of hydrogen-bond donors (Lipinski definition) is 1. The second-order valence-corrected chi connectivity index (χ2v) is 7.32. The van der Waals surface area contributed by atoms with Crippen molar-refractivity contribution >= 4 is 44.9 Å². The predicted octanol–water partition coefficient (Wildman–Crippen LogP) is 3.52. The van der Waals surface area contributed by atoms with Gasteiger partial charge in [0.25, 0.3) is 5.56 Å². The highest BCUT2D eigenvalue weighted by molar-refractivity contribution is 7.13. The summed E-state index contributed by atoms with van der Waals surface area (Å²) in [6.07, 6.45) is 4.68. The molecule has 3 aromatic heterocycles. The van der Waals surface area contributed by atoms with Crippen LogP contribution in [-0.4, -0.2) is 24.8 Å². The molecule has 1 aromatic carbocycles. The van der Waals surface area contributed by atoms with E-state index in [0.29, 0.717) is 26.6 Å². The molecule has 0 aliphatic rings. The number of fused-ring (bicyclic) bond motifs is 1. The Morgan fingerprint density at radius 2 is 2.04 bits per heavy atom. The number of carbonyl (C=O) groups is 1. The van der Waals surface area contributed by atoms with Gasteiger partial charge in [0.1, 0.15) is 22.5 Å². The fraction of sp³-hybridized carbons (Fsp3) is 0.105. The predicted molar refractivity (Wildman–Crippen MR) is 110 cm³/mol. The lowest BCUT2D eigenvalue weighted by molar-refractivity contribution is -0.116. The summed E-state index contributed by atoms with van der Waals surface area (Å²) in [5.74, 6) is -0.345. The molecular weight excluding hydrogens is 398 g/mol. The summed E-state index contributed by atoms with van der Waals surface area (Å²) >= 11 is 7.14. The summed E-state index contributed by atoms with van der Waals surface area (Å²) in [6, 6.07) is 8.86. The number of aryl methyl sites for hydroxylation is 1. The average molecular weight is 412 g/mol. The minimum Gasteiger partial charge on any atom is -0.324 e. The lowest BCUT2D eigenvalue weighted by Gasteiger charge is -2.08. The van der Waals surface area contributed by atoms with Crippen molar-refractivity contribution in [1.29, 1.82) is 0 Å². The molecule has 140 valence electrons. The van der Waals surface area contributed by atoms with E-state index in [0.717, 1.165) is 22.7 Å². The number of carbonyl (C=O) groups excluding carboxylic acids is 1. The average Bonchev–Trinajstić information content (AvgIpc) is 3.12. The van der Waals surface area contributed by atoms with Crippen LogP contribution in [-0.2, 0) is 11.3 Å². The van der Waals surface area contributed by atoms with Crippen molar-refractivity contribution in [2.75, 3.05) is 5.32 Å². The van der Waals surface area contributed by atoms with Crippen LogP contribution < -0.4 is 10.9 Å². The lowest BCUT2D eigenvalue weighted by atomic mass is 10.2. The van der Waals surface area contributed by atoms with E-state index in [4.69, 9.17) is 11.6 Å². The zero-order valence-corrected chi connectivity index (χ0v) is 16.3. The van der Waals surface area contributed by atoms with Crippen molar-refractivity contribution in [1.82, 2.24) is 18.9 Å². The molecule has 0 saturated carbocycles. The van der Waals surface area contributed by atoms with Crippen molar-refractivity contribution in [2.24, 2.45) is 0 Å². The van der Waals surface area contributed by atoms with E-state index < -0.39 is 0 Å². The maximum absolute atomic E-state index is 12.7. The molecule has 7 nitrogen and oxygen atoms in total. The third-order valence-corrected chi connectivity index (χ3v) is 5.40. The van der Waals surface area contributed by atoms with Crippen molar-refractivity contribution in [3.8, 4) is 11.3 Å². The van der Waals surface area contributed by atoms with E-state index in [2.05, 4.69) is 19.7 Å². The molecule has 0 unspecified atom stereocenters. The SMILES string of the molecule is Cc1ccc(NC(=O)Cn2cnc3c(-c4ccncc4)nsc3c2=O)cc1Cl. The number of nitrogens with one attached hydrogen (secondary N) is 1. The van der Waals surface area contributed by atoms with Crippen molar-refractivity contribution in [3.05, 3.63) is 70.0 Å². The lowest BCUT2D eigenvalue weighted by Crippen LogP contribution is -2.27. The van der Waals surface area contributed by atoms with Crippen LogP contribution >= 0.6 is 23.1 Å². The normalized spacial score (nSPS) is 10.9. The van der Waals surface area contributed by atoms with Gasteiger partial charge in [-0.05, 0) is 48.3 Å². The molecule has 28 heavy (non-hydrogen) atoms. The number of aromatic nitrogens is 4. The Morgan fingerprint density at radius 3 is 2.79 bits per heavy atom. The smallest absolute Gasteiger partial charge is 0.273 e. The number of pyridine rings is 1. The van der Waals surface area contributed by atoms with Gasteiger partial charge in [-0.15, -0.1) is 0 Å². The maximum Gasteiger partial charge on any atom is 0.273 e. The highest BCUT2D eigenvalue weighted by Crippen LogP contribution is 2.26. The van der Waals surface area contributed by atoms with Crippen molar-refractivity contribution in [3.63, 3.8) is 0 Å². The Hall–Kier alpha value is -3.10. The molecule has 4 aromatic rings. The van der Waals surface area contributed by atoms with Gasteiger partial charge in [-0.2, -0.15) is 4.37 Å². The molecule has 9 heteroatoms. The van der Waals surface area contributed by atoms with Crippen LogP contribution in [0.2, 0.25) is 5.02 Å². The van der Waals surface area contributed by atoms with Gasteiger partial charge in [0.2, 0.25) is 5.91 Å². The van der Waals surface area contributed by atoms with Gasteiger partial charge in [0, 0.05) is 28.7 Å². The van der Waals surface area contributed by atoms with Gasteiger partial charge < -0.3 is 5.32 Å². The fourth-order valence-electron chi connectivity index (χ4n) is 2.69. The first-order valence-corrected chi connectivity index (χ1v) is 9.49.